The molecule has 4 aliphatic carbocycles. The van der Waals surface area contributed by atoms with E-state index in [-0.39, 0.29) is 23.5 Å². The van der Waals surface area contributed by atoms with Gasteiger partial charge in [-0.2, -0.15) is 0 Å². The van der Waals surface area contributed by atoms with Gasteiger partial charge >= 0.3 is 6.16 Å². The minimum atomic E-state index is -0.559. The first kappa shape index (κ1) is 23.6. The summed E-state index contributed by atoms with van der Waals surface area (Å²) in [6.07, 6.45) is 16.0. The molecule has 2 fully saturated rings. The molecule has 184 valence electrons. The standard InChI is InChI=1S/C29H39NO4/c1-4-32-16-17-33-27(31)34-22-11-13-28(2)21(18-22)7-8-23-25-10-9-24(20-6-5-15-30-19-20)29(25,3)14-12-26(23)28/h5-7,9,15,19,22-23,25-26H,4,8,10-14,16-18H2,1-3H3/t22-,23-,25-,26-,28-,29+/m0/s1. The predicted octanol–water partition coefficient (Wildman–Crippen LogP) is 6.60. The van der Waals surface area contributed by atoms with Crippen molar-refractivity contribution in [1.82, 2.24) is 4.98 Å². The van der Waals surface area contributed by atoms with Gasteiger partial charge in [0, 0.05) is 25.4 Å². The molecule has 0 saturated heterocycles. The van der Waals surface area contributed by atoms with Gasteiger partial charge in [0.2, 0.25) is 0 Å². The van der Waals surface area contributed by atoms with E-state index in [9.17, 15) is 4.79 Å². The maximum absolute atomic E-state index is 12.1. The van der Waals surface area contributed by atoms with E-state index in [4.69, 9.17) is 14.2 Å². The lowest BCUT2D eigenvalue weighted by molar-refractivity contribution is -0.0385. The second kappa shape index (κ2) is 9.49. The van der Waals surface area contributed by atoms with Crippen molar-refractivity contribution in [2.24, 2.45) is 28.6 Å². The number of rotatable bonds is 6. The third-order valence-corrected chi connectivity index (χ3v) is 9.53. The monoisotopic (exact) mass is 465 g/mol. The SMILES string of the molecule is CCOCCOC(=O)O[C@H]1CC[C@@]2(C)C(=CC[C@@H]3[C@@H]2CC[C@]2(C)C(c4cccnc4)=CC[C@@H]32)C1. The first-order valence-corrected chi connectivity index (χ1v) is 13.2. The summed E-state index contributed by atoms with van der Waals surface area (Å²) in [7, 11) is 0. The van der Waals surface area contributed by atoms with Gasteiger partial charge in [-0.05, 0) is 91.2 Å². The van der Waals surface area contributed by atoms with Gasteiger partial charge in [0.15, 0.2) is 0 Å². The molecule has 0 aliphatic heterocycles. The number of pyridine rings is 1. The molecule has 4 aliphatic rings. The molecule has 1 aromatic heterocycles. The van der Waals surface area contributed by atoms with E-state index in [2.05, 4.69) is 43.1 Å². The lowest BCUT2D eigenvalue weighted by Crippen LogP contribution is -2.50. The van der Waals surface area contributed by atoms with Gasteiger partial charge in [0.1, 0.15) is 12.7 Å². The lowest BCUT2D eigenvalue weighted by Gasteiger charge is -2.57. The number of hydrogen-bond acceptors (Lipinski definition) is 5. The molecule has 34 heavy (non-hydrogen) atoms. The van der Waals surface area contributed by atoms with Crippen LogP contribution in [0.2, 0.25) is 0 Å². The van der Waals surface area contributed by atoms with Crippen LogP contribution in [0.5, 0.6) is 0 Å². The Morgan fingerprint density at radius 1 is 1.09 bits per heavy atom. The topological polar surface area (TPSA) is 57.7 Å². The molecule has 5 heteroatoms. The van der Waals surface area contributed by atoms with E-state index in [1.165, 1.54) is 36.0 Å². The van der Waals surface area contributed by atoms with Crippen LogP contribution in [0.25, 0.3) is 5.57 Å². The third-order valence-electron chi connectivity index (χ3n) is 9.53. The first-order valence-electron chi connectivity index (χ1n) is 13.2. The fourth-order valence-electron chi connectivity index (χ4n) is 7.76. The Morgan fingerprint density at radius 3 is 2.74 bits per heavy atom. The Labute approximate surface area is 204 Å². The first-order chi connectivity index (χ1) is 16.5. The van der Waals surface area contributed by atoms with Crippen LogP contribution in [-0.2, 0) is 14.2 Å². The molecule has 0 aromatic carbocycles. The van der Waals surface area contributed by atoms with E-state index in [1.54, 1.807) is 0 Å². The number of carbonyl (C=O) groups excluding carboxylic acids is 1. The Balaban J connectivity index is 1.26. The quantitative estimate of drug-likeness (QED) is 0.269. The number of aromatic nitrogens is 1. The summed E-state index contributed by atoms with van der Waals surface area (Å²) in [5.74, 6) is 2.13. The average Bonchev–Trinajstić information content (AvgIpc) is 3.20. The summed E-state index contributed by atoms with van der Waals surface area (Å²) in [5, 5.41) is 0. The highest BCUT2D eigenvalue weighted by atomic mass is 16.7. The van der Waals surface area contributed by atoms with Crippen molar-refractivity contribution in [2.75, 3.05) is 19.8 Å². The molecule has 0 N–H and O–H groups in total. The molecule has 1 heterocycles. The molecule has 2 saturated carbocycles. The summed E-state index contributed by atoms with van der Waals surface area (Å²) < 4.78 is 16.1. The van der Waals surface area contributed by atoms with Crippen molar-refractivity contribution in [3.8, 4) is 0 Å². The predicted molar refractivity (Wildman–Crippen MR) is 132 cm³/mol. The fraction of sp³-hybridized carbons (Fsp3) is 0.655. The number of ether oxygens (including phenoxy) is 3. The summed E-state index contributed by atoms with van der Waals surface area (Å²) in [5.41, 5.74) is 4.80. The van der Waals surface area contributed by atoms with Gasteiger partial charge in [0.05, 0.1) is 6.61 Å². The Morgan fingerprint density at radius 2 is 1.94 bits per heavy atom. The summed E-state index contributed by atoms with van der Waals surface area (Å²) >= 11 is 0. The third kappa shape index (κ3) is 4.10. The zero-order chi connectivity index (χ0) is 23.8. The summed E-state index contributed by atoms with van der Waals surface area (Å²) in [4.78, 5) is 16.5. The van der Waals surface area contributed by atoms with Gasteiger partial charge in [-0.25, -0.2) is 4.79 Å². The lowest BCUT2D eigenvalue weighted by atomic mass is 9.47. The normalized spacial score (nSPS) is 36.4. The molecule has 0 radical (unpaired) electrons. The van der Waals surface area contributed by atoms with Gasteiger partial charge in [-0.1, -0.05) is 37.6 Å². The van der Waals surface area contributed by atoms with Crippen LogP contribution in [0.4, 0.5) is 4.79 Å². The molecule has 0 bridgehead atoms. The summed E-state index contributed by atoms with van der Waals surface area (Å²) in [6.45, 7) is 8.20. The van der Waals surface area contributed by atoms with Crippen LogP contribution in [0.3, 0.4) is 0 Å². The number of carbonyl (C=O) groups is 1. The van der Waals surface area contributed by atoms with Gasteiger partial charge in [-0.3, -0.25) is 4.98 Å². The van der Waals surface area contributed by atoms with E-state index >= 15 is 0 Å². The van der Waals surface area contributed by atoms with Crippen molar-refractivity contribution in [2.45, 2.75) is 71.8 Å². The molecule has 6 atom stereocenters. The Bertz CT molecular complexity index is 956. The molecule has 0 spiro atoms. The molecular weight excluding hydrogens is 426 g/mol. The molecule has 1 aromatic rings. The Kier molecular flexibility index (Phi) is 6.58. The summed E-state index contributed by atoms with van der Waals surface area (Å²) in [6, 6.07) is 4.28. The van der Waals surface area contributed by atoms with Crippen LogP contribution >= 0.6 is 0 Å². The van der Waals surface area contributed by atoms with E-state index < -0.39 is 6.16 Å². The van der Waals surface area contributed by atoms with Crippen molar-refractivity contribution in [3.63, 3.8) is 0 Å². The molecule has 5 nitrogen and oxygen atoms in total. The number of nitrogens with zero attached hydrogens (tertiary/aromatic N) is 1. The highest BCUT2D eigenvalue weighted by Gasteiger charge is 2.57. The van der Waals surface area contributed by atoms with E-state index in [1.807, 2.05) is 19.3 Å². The minimum Gasteiger partial charge on any atom is -0.432 e. The van der Waals surface area contributed by atoms with Crippen LogP contribution < -0.4 is 0 Å². The maximum atomic E-state index is 12.1. The van der Waals surface area contributed by atoms with Crippen LogP contribution in [0.15, 0.2) is 42.3 Å². The largest absolute Gasteiger partial charge is 0.508 e. The van der Waals surface area contributed by atoms with Gasteiger partial charge < -0.3 is 14.2 Å². The van der Waals surface area contributed by atoms with E-state index in [0.29, 0.717) is 25.0 Å². The van der Waals surface area contributed by atoms with Gasteiger partial charge in [-0.15, -0.1) is 0 Å². The average molecular weight is 466 g/mol. The molecular formula is C29H39NO4. The Hall–Kier alpha value is -2.14. The molecule has 5 rings (SSSR count). The van der Waals surface area contributed by atoms with Crippen LogP contribution in [0, 0.1) is 28.6 Å². The smallest absolute Gasteiger partial charge is 0.432 e. The van der Waals surface area contributed by atoms with Crippen LogP contribution in [0.1, 0.15) is 71.3 Å². The fourth-order valence-corrected chi connectivity index (χ4v) is 7.76. The number of hydrogen-bond donors (Lipinski definition) is 0. The molecule has 0 unspecified atom stereocenters. The second-order valence-corrected chi connectivity index (χ2v) is 11.1. The number of fused-ring (bicyclic) bond motifs is 5. The molecule has 0 amide bonds. The number of allylic oxidation sites excluding steroid dienone is 3. The van der Waals surface area contributed by atoms with E-state index in [0.717, 1.165) is 31.6 Å². The van der Waals surface area contributed by atoms with Crippen molar-refractivity contribution in [3.05, 3.63) is 47.8 Å². The highest BCUT2D eigenvalue weighted by molar-refractivity contribution is 5.72. The van der Waals surface area contributed by atoms with Crippen molar-refractivity contribution >= 4 is 11.7 Å². The van der Waals surface area contributed by atoms with Crippen molar-refractivity contribution in [1.29, 1.82) is 0 Å². The maximum Gasteiger partial charge on any atom is 0.508 e. The minimum absolute atomic E-state index is 0.0744. The zero-order valence-electron chi connectivity index (χ0n) is 20.9. The van der Waals surface area contributed by atoms with Gasteiger partial charge in [0.25, 0.3) is 0 Å². The zero-order valence-corrected chi connectivity index (χ0v) is 20.9. The highest BCUT2D eigenvalue weighted by Crippen LogP contribution is 2.66. The van der Waals surface area contributed by atoms with Crippen LogP contribution in [-0.4, -0.2) is 37.1 Å². The van der Waals surface area contributed by atoms with Crippen molar-refractivity contribution < 1.29 is 19.0 Å². The second-order valence-electron chi connectivity index (χ2n) is 11.1.